The summed E-state index contributed by atoms with van der Waals surface area (Å²) in [6.45, 7) is 6.16. The van der Waals surface area contributed by atoms with Crippen LogP contribution >= 0.6 is 0 Å². The van der Waals surface area contributed by atoms with Gasteiger partial charge in [0.1, 0.15) is 0 Å². The molecule has 0 unspecified atom stereocenters. The van der Waals surface area contributed by atoms with Crippen LogP contribution in [-0.4, -0.2) is 28.8 Å². The van der Waals surface area contributed by atoms with Gasteiger partial charge in [-0.15, -0.1) is 0 Å². The number of anilines is 1. The molecule has 1 heterocycles. The van der Waals surface area contributed by atoms with Gasteiger partial charge in [-0.3, -0.25) is 9.48 Å². The summed E-state index contributed by atoms with van der Waals surface area (Å²) < 4.78 is 1.79. The molecule has 0 saturated carbocycles. The molecule has 0 fully saturated rings. The fraction of sp³-hybridized carbons (Fsp3) is 0.333. The molecule has 0 atom stereocenters. The number of nitrogens with one attached hydrogen (secondary N) is 2. The van der Waals surface area contributed by atoms with Crippen molar-refractivity contribution in [2.45, 2.75) is 20.4 Å². The summed E-state index contributed by atoms with van der Waals surface area (Å²) in [5.74, 6) is -0.0525. The molecule has 0 radical (unpaired) electrons. The Kier molecular flexibility index (Phi) is 4.76. The van der Waals surface area contributed by atoms with E-state index in [1.165, 1.54) is 0 Å². The number of amides is 1. The maximum Gasteiger partial charge on any atom is 0.251 e. The second kappa shape index (κ2) is 6.75. The van der Waals surface area contributed by atoms with Gasteiger partial charge in [0.2, 0.25) is 0 Å². The van der Waals surface area contributed by atoms with E-state index in [4.69, 9.17) is 0 Å². The Morgan fingerprint density at radius 2 is 2.25 bits per heavy atom. The van der Waals surface area contributed by atoms with E-state index in [2.05, 4.69) is 22.7 Å². The van der Waals surface area contributed by atoms with E-state index in [-0.39, 0.29) is 5.91 Å². The third-order valence-electron chi connectivity index (χ3n) is 3.04. The van der Waals surface area contributed by atoms with Gasteiger partial charge in [0.15, 0.2) is 0 Å². The molecule has 106 valence electrons. The molecule has 2 N–H and O–H groups in total. The fourth-order valence-electron chi connectivity index (χ4n) is 2.01. The van der Waals surface area contributed by atoms with Gasteiger partial charge in [-0.1, -0.05) is 0 Å². The Balaban J connectivity index is 1.90. The minimum atomic E-state index is -0.0525. The normalized spacial score (nSPS) is 10.3. The van der Waals surface area contributed by atoms with Crippen molar-refractivity contribution in [1.29, 1.82) is 0 Å². The molecule has 1 aromatic heterocycles. The van der Waals surface area contributed by atoms with Gasteiger partial charge in [-0.2, -0.15) is 5.10 Å². The van der Waals surface area contributed by atoms with Crippen LogP contribution in [0.5, 0.6) is 0 Å². The van der Waals surface area contributed by atoms with Gasteiger partial charge in [0.05, 0.1) is 6.54 Å². The highest BCUT2D eigenvalue weighted by Crippen LogP contribution is 2.16. The number of hydrogen-bond acceptors (Lipinski definition) is 3. The Bertz CT molecular complexity index is 563. The van der Waals surface area contributed by atoms with E-state index in [0.717, 1.165) is 17.8 Å². The highest BCUT2D eigenvalue weighted by Gasteiger charge is 2.07. The lowest BCUT2D eigenvalue weighted by Gasteiger charge is -2.10. The molecule has 5 heteroatoms. The van der Waals surface area contributed by atoms with E-state index in [9.17, 15) is 4.79 Å². The zero-order valence-corrected chi connectivity index (χ0v) is 11.9. The van der Waals surface area contributed by atoms with Crippen LogP contribution in [0.15, 0.2) is 36.7 Å². The molecule has 1 aromatic carbocycles. The first-order valence-electron chi connectivity index (χ1n) is 6.81. The van der Waals surface area contributed by atoms with Gasteiger partial charge in [-0.25, -0.2) is 0 Å². The minimum Gasteiger partial charge on any atom is -0.385 e. The first-order valence-corrected chi connectivity index (χ1v) is 6.81. The van der Waals surface area contributed by atoms with Gasteiger partial charge < -0.3 is 10.6 Å². The standard InChI is InChI=1S/C15H20N4O/c1-3-16-14-6-5-13(11-12(14)2)15(20)17-8-10-19-9-4-7-18-19/h4-7,9,11,16H,3,8,10H2,1-2H3,(H,17,20). The summed E-state index contributed by atoms with van der Waals surface area (Å²) in [6.07, 6.45) is 3.60. The van der Waals surface area contributed by atoms with Crippen LogP contribution in [0.4, 0.5) is 5.69 Å². The quantitative estimate of drug-likeness (QED) is 0.846. The summed E-state index contributed by atoms with van der Waals surface area (Å²) in [6, 6.07) is 7.56. The van der Waals surface area contributed by atoms with Crippen LogP contribution in [0.3, 0.4) is 0 Å². The molecule has 0 aliphatic carbocycles. The van der Waals surface area contributed by atoms with Crippen LogP contribution in [0.1, 0.15) is 22.8 Å². The first kappa shape index (κ1) is 14.1. The van der Waals surface area contributed by atoms with Crippen molar-refractivity contribution >= 4 is 11.6 Å². The second-order valence-corrected chi connectivity index (χ2v) is 4.59. The summed E-state index contributed by atoms with van der Waals surface area (Å²) in [5, 5.41) is 10.2. The number of aromatic nitrogens is 2. The molecule has 2 aromatic rings. The second-order valence-electron chi connectivity index (χ2n) is 4.59. The van der Waals surface area contributed by atoms with Crippen molar-refractivity contribution in [3.63, 3.8) is 0 Å². The van der Waals surface area contributed by atoms with Crippen LogP contribution in [-0.2, 0) is 6.54 Å². The third kappa shape index (κ3) is 3.60. The molecule has 5 nitrogen and oxygen atoms in total. The van der Waals surface area contributed by atoms with Crippen molar-refractivity contribution < 1.29 is 4.79 Å². The van der Waals surface area contributed by atoms with E-state index < -0.39 is 0 Å². The van der Waals surface area contributed by atoms with Crippen molar-refractivity contribution in [2.24, 2.45) is 0 Å². The largest absolute Gasteiger partial charge is 0.385 e. The zero-order chi connectivity index (χ0) is 14.4. The first-order chi connectivity index (χ1) is 9.70. The van der Waals surface area contributed by atoms with E-state index in [1.807, 2.05) is 37.4 Å². The molecule has 0 aliphatic rings. The van der Waals surface area contributed by atoms with Crippen molar-refractivity contribution in [2.75, 3.05) is 18.4 Å². The van der Waals surface area contributed by atoms with Crippen LogP contribution < -0.4 is 10.6 Å². The molecular formula is C15H20N4O. The number of rotatable bonds is 6. The summed E-state index contributed by atoms with van der Waals surface area (Å²) in [7, 11) is 0. The monoisotopic (exact) mass is 272 g/mol. The Morgan fingerprint density at radius 1 is 1.40 bits per heavy atom. The van der Waals surface area contributed by atoms with Crippen LogP contribution in [0.25, 0.3) is 0 Å². The number of benzene rings is 1. The van der Waals surface area contributed by atoms with E-state index in [1.54, 1.807) is 10.9 Å². The van der Waals surface area contributed by atoms with Crippen molar-refractivity contribution in [3.8, 4) is 0 Å². The minimum absolute atomic E-state index is 0.0525. The molecule has 0 bridgehead atoms. The maximum atomic E-state index is 12.0. The highest BCUT2D eigenvalue weighted by molar-refractivity contribution is 5.94. The number of hydrogen-bond donors (Lipinski definition) is 2. The summed E-state index contributed by atoms with van der Waals surface area (Å²) in [5.41, 5.74) is 2.83. The lowest BCUT2D eigenvalue weighted by Crippen LogP contribution is -2.27. The van der Waals surface area contributed by atoms with Gasteiger partial charge in [-0.05, 0) is 43.7 Å². The van der Waals surface area contributed by atoms with Gasteiger partial charge in [0, 0.05) is 36.7 Å². The average molecular weight is 272 g/mol. The molecule has 0 spiro atoms. The molecule has 20 heavy (non-hydrogen) atoms. The molecule has 1 amide bonds. The van der Waals surface area contributed by atoms with Gasteiger partial charge >= 0.3 is 0 Å². The number of carbonyl (C=O) groups excluding carboxylic acids is 1. The SMILES string of the molecule is CCNc1ccc(C(=O)NCCn2cccn2)cc1C. The number of aryl methyl sites for hydroxylation is 1. The Morgan fingerprint density at radius 3 is 2.90 bits per heavy atom. The predicted octanol–water partition coefficient (Wildman–Crippen LogP) is 2.05. The topological polar surface area (TPSA) is 59.0 Å². The fourth-order valence-corrected chi connectivity index (χ4v) is 2.01. The lowest BCUT2D eigenvalue weighted by atomic mass is 10.1. The lowest BCUT2D eigenvalue weighted by molar-refractivity contribution is 0.0952. The Hall–Kier alpha value is -2.30. The molecular weight excluding hydrogens is 252 g/mol. The van der Waals surface area contributed by atoms with Gasteiger partial charge in [0.25, 0.3) is 5.91 Å². The Labute approximate surface area is 119 Å². The van der Waals surface area contributed by atoms with Crippen LogP contribution in [0.2, 0.25) is 0 Å². The average Bonchev–Trinajstić information content (AvgIpc) is 2.94. The number of carbonyl (C=O) groups is 1. The highest BCUT2D eigenvalue weighted by atomic mass is 16.1. The summed E-state index contributed by atoms with van der Waals surface area (Å²) in [4.78, 5) is 12.0. The third-order valence-corrected chi connectivity index (χ3v) is 3.04. The van der Waals surface area contributed by atoms with Crippen molar-refractivity contribution in [3.05, 3.63) is 47.8 Å². The zero-order valence-electron chi connectivity index (χ0n) is 11.9. The van der Waals surface area contributed by atoms with Crippen LogP contribution in [0, 0.1) is 6.92 Å². The van der Waals surface area contributed by atoms with Crippen molar-refractivity contribution in [1.82, 2.24) is 15.1 Å². The summed E-state index contributed by atoms with van der Waals surface area (Å²) >= 11 is 0. The predicted molar refractivity (Wildman–Crippen MR) is 79.9 cm³/mol. The molecule has 0 saturated heterocycles. The van der Waals surface area contributed by atoms with E-state index in [0.29, 0.717) is 18.7 Å². The molecule has 2 rings (SSSR count). The van der Waals surface area contributed by atoms with E-state index >= 15 is 0 Å². The maximum absolute atomic E-state index is 12.0. The molecule has 0 aliphatic heterocycles. The number of nitrogens with zero attached hydrogens (tertiary/aromatic N) is 2. The smallest absolute Gasteiger partial charge is 0.251 e.